The molecule has 24 heavy (non-hydrogen) atoms. The van der Waals surface area contributed by atoms with Gasteiger partial charge < -0.3 is 14.2 Å². The van der Waals surface area contributed by atoms with Crippen LogP contribution in [0.3, 0.4) is 0 Å². The minimum Gasteiger partial charge on any atom is -0.479 e. The van der Waals surface area contributed by atoms with Gasteiger partial charge in [0.15, 0.2) is 0 Å². The van der Waals surface area contributed by atoms with Gasteiger partial charge in [0.05, 0.1) is 13.0 Å². The van der Waals surface area contributed by atoms with E-state index in [2.05, 4.69) is 15.2 Å². The zero-order chi connectivity index (χ0) is 16.7. The predicted octanol–water partition coefficient (Wildman–Crippen LogP) is 1.78. The summed E-state index contributed by atoms with van der Waals surface area (Å²) in [5.41, 5.74) is 1.41. The Hall–Kier alpha value is -2.68. The number of thiophene rings is 1. The fourth-order valence-electron chi connectivity index (χ4n) is 2.65. The van der Waals surface area contributed by atoms with Crippen molar-refractivity contribution in [2.75, 3.05) is 20.2 Å². The molecule has 4 rings (SSSR count). The largest absolute Gasteiger partial charge is 0.479 e. The van der Waals surface area contributed by atoms with Crippen LogP contribution in [0.2, 0.25) is 0 Å². The summed E-state index contributed by atoms with van der Waals surface area (Å²) >= 11 is 1.58. The summed E-state index contributed by atoms with van der Waals surface area (Å²) in [5, 5.41) is 12.1. The van der Waals surface area contributed by atoms with E-state index in [1.807, 2.05) is 16.8 Å². The molecule has 3 aromatic rings. The van der Waals surface area contributed by atoms with Crippen molar-refractivity contribution in [3.63, 3.8) is 0 Å². The topological polar surface area (TPSA) is 86.3 Å². The molecule has 0 aromatic carbocycles. The maximum Gasteiger partial charge on any atom is 0.261 e. The number of carbonyl (C=O) groups is 1. The predicted molar refractivity (Wildman–Crippen MR) is 86.0 cm³/mol. The van der Waals surface area contributed by atoms with Crippen molar-refractivity contribution in [3.05, 3.63) is 34.5 Å². The smallest absolute Gasteiger partial charge is 0.261 e. The molecule has 0 bridgehead atoms. The molecule has 3 aromatic heterocycles. The molecule has 1 aliphatic rings. The van der Waals surface area contributed by atoms with Crippen LogP contribution in [-0.2, 0) is 7.05 Å². The summed E-state index contributed by atoms with van der Waals surface area (Å²) in [6.45, 7) is 1.09. The maximum absolute atomic E-state index is 12.5. The van der Waals surface area contributed by atoms with Crippen LogP contribution in [0.4, 0.5) is 0 Å². The van der Waals surface area contributed by atoms with E-state index in [1.165, 1.54) is 7.11 Å². The van der Waals surface area contributed by atoms with Crippen LogP contribution in [0.5, 0.6) is 5.88 Å². The minimum atomic E-state index is -0.103. The first-order valence-electron chi connectivity index (χ1n) is 7.39. The summed E-state index contributed by atoms with van der Waals surface area (Å²) < 4.78 is 12.0. The number of hydrogen-bond donors (Lipinski definition) is 0. The van der Waals surface area contributed by atoms with Gasteiger partial charge in [0, 0.05) is 37.3 Å². The van der Waals surface area contributed by atoms with Crippen LogP contribution >= 0.6 is 11.3 Å². The van der Waals surface area contributed by atoms with Gasteiger partial charge in [-0.05, 0) is 11.4 Å². The SMILES string of the molecule is COc1nn(C)cc1C(=O)N1CC(c2nc(-c3ccsc3)no2)C1. The number of ether oxygens (including phenoxy) is 1. The Balaban J connectivity index is 1.44. The Labute approximate surface area is 141 Å². The first-order valence-corrected chi connectivity index (χ1v) is 8.33. The van der Waals surface area contributed by atoms with Gasteiger partial charge in [0.2, 0.25) is 17.6 Å². The van der Waals surface area contributed by atoms with Crippen LogP contribution in [0.15, 0.2) is 27.5 Å². The molecular weight excluding hydrogens is 330 g/mol. The highest BCUT2D eigenvalue weighted by molar-refractivity contribution is 7.08. The van der Waals surface area contributed by atoms with Crippen molar-refractivity contribution < 1.29 is 14.1 Å². The van der Waals surface area contributed by atoms with Gasteiger partial charge in [-0.25, -0.2) is 0 Å². The van der Waals surface area contributed by atoms with E-state index in [0.29, 0.717) is 36.2 Å². The number of rotatable bonds is 4. The van der Waals surface area contributed by atoms with Crippen molar-refractivity contribution >= 4 is 17.2 Å². The number of aryl methyl sites for hydroxylation is 1. The second-order valence-electron chi connectivity index (χ2n) is 5.60. The van der Waals surface area contributed by atoms with E-state index in [1.54, 1.807) is 34.2 Å². The number of hydrogen-bond acceptors (Lipinski definition) is 7. The summed E-state index contributed by atoms with van der Waals surface area (Å²) in [6, 6.07) is 1.95. The molecule has 4 heterocycles. The van der Waals surface area contributed by atoms with E-state index in [-0.39, 0.29) is 11.8 Å². The Morgan fingerprint density at radius 3 is 3.00 bits per heavy atom. The molecule has 1 aliphatic heterocycles. The molecular formula is C15H15N5O3S. The lowest BCUT2D eigenvalue weighted by molar-refractivity contribution is 0.0566. The summed E-state index contributed by atoms with van der Waals surface area (Å²) in [6.07, 6.45) is 1.66. The highest BCUT2D eigenvalue weighted by Gasteiger charge is 2.37. The van der Waals surface area contributed by atoms with Crippen molar-refractivity contribution in [1.82, 2.24) is 24.8 Å². The van der Waals surface area contributed by atoms with Crippen molar-refractivity contribution in [3.8, 4) is 17.3 Å². The molecule has 0 atom stereocenters. The maximum atomic E-state index is 12.5. The first kappa shape index (κ1) is 14.9. The minimum absolute atomic E-state index is 0.0662. The van der Waals surface area contributed by atoms with Gasteiger partial charge in [0.1, 0.15) is 5.56 Å². The van der Waals surface area contributed by atoms with E-state index >= 15 is 0 Å². The Morgan fingerprint density at radius 1 is 1.46 bits per heavy atom. The molecule has 9 heteroatoms. The zero-order valence-corrected chi connectivity index (χ0v) is 14.0. The van der Waals surface area contributed by atoms with E-state index in [4.69, 9.17) is 9.26 Å². The number of aromatic nitrogens is 4. The third kappa shape index (κ3) is 2.46. The Kier molecular flexibility index (Phi) is 3.57. The van der Waals surface area contributed by atoms with Crippen molar-refractivity contribution in [1.29, 1.82) is 0 Å². The Morgan fingerprint density at radius 2 is 2.29 bits per heavy atom. The van der Waals surface area contributed by atoms with Crippen LogP contribution in [0.25, 0.3) is 11.4 Å². The summed E-state index contributed by atoms with van der Waals surface area (Å²) in [4.78, 5) is 18.7. The second kappa shape index (κ2) is 5.75. The molecule has 0 radical (unpaired) electrons. The lowest BCUT2D eigenvalue weighted by Crippen LogP contribution is -2.48. The average molecular weight is 345 g/mol. The third-order valence-corrected chi connectivity index (χ3v) is 4.64. The van der Waals surface area contributed by atoms with Crippen molar-refractivity contribution in [2.45, 2.75) is 5.92 Å². The second-order valence-corrected chi connectivity index (χ2v) is 6.38. The zero-order valence-electron chi connectivity index (χ0n) is 13.2. The van der Waals surface area contributed by atoms with Crippen LogP contribution in [0, 0.1) is 0 Å². The molecule has 0 spiro atoms. The monoisotopic (exact) mass is 345 g/mol. The molecule has 1 amide bonds. The van der Waals surface area contributed by atoms with E-state index in [0.717, 1.165) is 5.56 Å². The molecule has 1 fully saturated rings. The number of carbonyl (C=O) groups excluding carboxylic acids is 1. The quantitative estimate of drug-likeness (QED) is 0.716. The lowest BCUT2D eigenvalue weighted by Gasteiger charge is -2.36. The normalized spacial score (nSPS) is 14.7. The highest BCUT2D eigenvalue weighted by atomic mass is 32.1. The molecule has 0 aliphatic carbocycles. The van der Waals surface area contributed by atoms with Gasteiger partial charge in [-0.3, -0.25) is 9.48 Å². The van der Waals surface area contributed by atoms with Gasteiger partial charge in [-0.2, -0.15) is 16.3 Å². The fraction of sp³-hybridized carbons (Fsp3) is 0.333. The Bertz CT molecular complexity index is 864. The van der Waals surface area contributed by atoms with Crippen LogP contribution < -0.4 is 4.74 Å². The summed E-state index contributed by atoms with van der Waals surface area (Å²) in [7, 11) is 3.26. The van der Waals surface area contributed by atoms with Gasteiger partial charge in [0.25, 0.3) is 5.91 Å². The molecule has 0 N–H and O–H groups in total. The lowest BCUT2D eigenvalue weighted by atomic mass is 9.99. The molecule has 124 valence electrons. The number of likely N-dealkylation sites (tertiary alicyclic amines) is 1. The number of amides is 1. The first-order chi connectivity index (χ1) is 11.7. The third-order valence-electron chi connectivity index (χ3n) is 3.96. The number of methoxy groups -OCH3 is 1. The highest BCUT2D eigenvalue weighted by Crippen LogP contribution is 2.30. The standard InChI is InChI=1S/C15H15N5O3S/c1-19-7-11(14(17-19)22-2)15(21)20-5-10(6-20)13-16-12(18-23-13)9-3-4-24-8-9/h3-4,7-8,10H,5-6H2,1-2H3. The van der Waals surface area contributed by atoms with Gasteiger partial charge in [-0.15, -0.1) is 5.10 Å². The molecule has 0 saturated carbocycles. The van der Waals surface area contributed by atoms with E-state index < -0.39 is 0 Å². The number of nitrogens with zero attached hydrogens (tertiary/aromatic N) is 5. The molecule has 0 unspecified atom stereocenters. The molecule has 1 saturated heterocycles. The molecule has 8 nitrogen and oxygen atoms in total. The van der Waals surface area contributed by atoms with Gasteiger partial charge in [-0.1, -0.05) is 5.16 Å². The van der Waals surface area contributed by atoms with Crippen LogP contribution in [0.1, 0.15) is 22.2 Å². The average Bonchev–Trinajstić information content (AvgIpc) is 3.25. The fourth-order valence-corrected chi connectivity index (χ4v) is 3.28. The van der Waals surface area contributed by atoms with Gasteiger partial charge >= 0.3 is 0 Å². The van der Waals surface area contributed by atoms with Crippen LogP contribution in [-0.4, -0.2) is 50.9 Å². The van der Waals surface area contributed by atoms with Crippen molar-refractivity contribution in [2.24, 2.45) is 7.05 Å². The van der Waals surface area contributed by atoms with E-state index in [9.17, 15) is 4.79 Å². The summed E-state index contributed by atoms with van der Waals surface area (Å²) in [5.74, 6) is 1.46.